The zero-order valence-corrected chi connectivity index (χ0v) is 17.1. The molecule has 1 saturated carbocycles. The zero-order chi connectivity index (χ0) is 20.6. The summed E-state index contributed by atoms with van der Waals surface area (Å²) in [4.78, 5) is 33.2. The van der Waals surface area contributed by atoms with Gasteiger partial charge in [0.2, 0.25) is 0 Å². The Bertz CT molecular complexity index is 810. The van der Waals surface area contributed by atoms with E-state index in [1.165, 1.54) is 12.4 Å². The van der Waals surface area contributed by atoms with Gasteiger partial charge in [-0.25, -0.2) is 9.97 Å². The molecule has 0 saturated heterocycles. The van der Waals surface area contributed by atoms with Crippen molar-refractivity contribution in [2.45, 2.75) is 51.9 Å². The third-order valence-electron chi connectivity index (χ3n) is 5.49. The van der Waals surface area contributed by atoms with Crippen molar-refractivity contribution in [1.82, 2.24) is 9.97 Å². The van der Waals surface area contributed by atoms with Gasteiger partial charge in [0.15, 0.2) is 11.6 Å². The maximum Gasteiger partial charge on any atom is 0.314 e. The number of rotatable bonds is 8. The third-order valence-corrected chi connectivity index (χ3v) is 5.49. The van der Waals surface area contributed by atoms with Crippen LogP contribution in [0.4, 0.5) is 0 Å². The van der Waals surface area contributed by atoms with Gasteiger partial charge in [-0.1, -0.05) is 13.3 Å². The number of carbonyl (C=O) groups excluding carboxylic acids is 2. The van der Waals surface area contributed by atoms with Gasteiger partial charge in [-0.05, 0) is 56.4 Å². The molecule has 0 spiro atoms. The van der Waals surface area contributed by atoms with E-state index < -0.39 is 0 Å². The van der Waals surface area contributed by atoms with Crippen LogP contribution in [0.3, 0.4) is 0 Å². The van der Waals surface area contributed by atoms with Crippen LogP contribution in [0.15, 0.2) is 36.7 Å². The summed E-state index contributed by atoms with van der Waals surface area (Å²) in [6, 6.07) is 7.44. The van der Waals surface area contributed by atoms with Gasteiger partial charge in [-0.2, -0.15) is 0 Å². The summed E-state index contributed by atoms with van der Waals surface area (Å²) >= 11 is 0. The molecule has 154 valence electrons. The van der Waals surface area contributed by atoms with Gasteiger partial charge in [-0.15, -0.1) is 0 Å². The first-order valence-electron chi connectivity index (χ1n) is 10.3. The van der Waals surface area contributed by atoms with E-state index in [0.29, 0.717) is 36.6 Å². The largest absolute Gasteiger partial charge is 0.497 e. The molecule has 1 aromatic heterocycles. The van der Waals surface area contributed by atoms with Crippen LogP contribution in [0.1, 0.15) is 51.9 Å². The molecule has 0 amide bonds. The van der Waals surface area contributed by atoms with Crippen molar-refractivity contribution in [3.63, 3.8) is 0 Å². The molecule has 3 rings (SSSR count). The Morgan fingerprint density at radius 2 is 1.59 bits per heavy atom. The maximum atomic E-state index is 12.5. The number of Topliss-reactive ketones (excluding diaryl/α,β-unsaturated/α-hetero) is 1. The second-order valence-corrected chi connectivity index (χ2v) is 7.51. The molecule has 2 aromatic rings. The highest BCUT2D eigenvalue weighted by molar-refractivity contribution is 5.81. The molecule has 0 atom stereocenters. The van der Waals surface area contributed by atoms with Crippen LogP contribution in [-0.4, -0.2) is 28.8 Å². The normalized spacial score (nSPS) is 18.8. The minimum absolute atomic E-state index is 0.109. The Morgan fingerprint density at radius 1 is 0.966 bits per heavy atom. The van der Waals surface area contributed by atoms with Crippen LogP contribution >= 0.6 is 0 Å². The Morgan fingerprint density at radius 3 is 2.17 bits per heavy atom. The number of methoxy groups -OCH3 is 1. The molecular weight excluding hydrogens is 368 g/mol. The number of ether oxygens (including phenoxy) is 2. The van der Waals surface area contributed by atoms with Gasteiger partial charge >= 0.3 is 5.97 Å². The van der Waals surface area contributed by atoms with Crippen LogP contribution in [-0.2, 0) is 9.59 Å². The number of nitrogens with zero attached hydrogens (tertiary/aromatic N) is 2. The summed E-state index contributed by atoms with van der Waals surface area (Å²) in [5.41, 5.74) is 0.856. The number of hydrogen-bond donors (Lipinski definition) is 0. The predicted octanol–water partition coefficient (Wildman–Crippen LogP) is 4.62. The molecule has 0 unspecified atom stereocenters. The maximum absolute atomic E-state index is 12.5. The highest BCUT2D eigenvalue weighted by Gasteiger charge is 2.30. The predicted molar refractivity (Wildman–Crippen MR) is 110 cm³/mol. The quantitative estimate of drug-likeness (QED) is 0.606. The fraction of sp³-hybridized carbons (Fsp3) is 0.478. The van der Waals surface area contributed by atoms with Gasteiger partial charge in [0.25, 0.3) is 0 Å². The van der Waals surface area contributed by atoms with Crippen LogP contribution in [0.2, 0.25) is 0 Å². The van der Waals surface area contributed by atoms with Crippen molar-refractivity contribution in [2.75, 3.05) is 7.11 Å². The Balaban J connectivity index is 1.51. The van der Waals surface area contributed by atoms with E-state index in [1.54, 1.807) is 7.11 Å². The first-order valence-corrected chi connectivity index (χ1v) is 10.3. The monoisotopic (exact) mass is 396 g/mol. The van der Waals surface area contributed by atoms with Crippen LogP contribution in [0.25, 0.3) is 11.4 Å². The van der Waals surface area contributed by atoms with E-state index in [-0.39, 0.29) is 17.8 Å². The highest BCUT2D eigenvalue weighted by Crippen LogP contribution is 2.31. The second kappa shape index (κ2) is 10.1. The Labute approximate surface area is 171 Å². The highest BCUT2D eigenvalue weighted by atomic mass is 16.5. The number of unbranched alkanes of at least 4 members (excludes halogenated alkanes) is 1. The van der Waals surface area contributed by atoms with Crippen molar-refractivity contribution in [3.8, 4) is 22.9 Å². The van der Waals surface area contributed by atoms with Crippen LogP contribution in [0.5, 0.6) is 11.5 Å². The summed E-state index contributed by atoms with van der Waals surface area (Å²) < 4.78 is 10.6. The lowest BCUT2D eigenvalue weighted by molar-refractivity contribution is -0.141. The van der Waals surface area contributed by atoms with Gasteiger partial charge in [0.05, 0.1) is 25.4 Å². The number of esters is 1. The summed E-state index contributed by atoms with van der Waals surface area (Å²) in [5, 5.41) is 0. The fourth-order valence-electron chi connectivity index (χ4n) is 3.66. The van der Waals surface area contributed by atoms with Gasteiger partial charge in [0, 0.05) is 17.9 Å². The number of benzene rings is 1. The Kier molecular flexibility index (Phi) is 7.33. The molecule has 0 aliphatic heterocycles. The molecule has 0 bridgehead atoms. The van der Waals surface area contributed by atoms with Crippen molar-refractivity contribution in [3.05, 3.63) is 36.7 Å². The molecule has 1 aliphatic rings. The Hall–Kier alpha value is -2.76. The molecule has 1 heterocycles. The summed E-state index contributed by atoms with van der Waals surface area (Å²) in [6.07, 6.45) is 8.63. The minimum atomic E-state index is -0.259. The van der Waals surface area contributed by atoms with Crippen molar-refractivity contribution >= 4 is 11.8 Å². The summed E-state index contributed by atoms with van der Waals surface area (Å²) in [6.45, 7) is 2.09. The van der Waals surface area contributed by atoms with Crippen molar-refractivity contribution in [2.24, 2.45) is 11.8 Å². The molecule has 1 aliphatic carbocycles. The van der Waals surface area contributed by atoms with Crippen LogP contribution in [0, 0.1) is 11.8 Å². The first kappa shape index (κ1) is 21.0. The van der Waals surface area contributed by atoms with Gasteiger partial charge in [-0.3, -0.25) is 9.59 Å². The molecule has 6 heteroatoms. The summed E-state index contributed by atoms with van der Waals surface area (Å²) in [5.74, 6) is 1.70. The number of carbonyl (C=O) groups is 2. The molecule has 0 N–H and O–H groups in total. The SMILES string of the molecule is CCCCC(=O)[C@H]1CC[C@H](C(=O)Oc2cnc(-c3ccc(OC)cc3)nc2)CC1. The van der Waals surface area contributed by atoms with E-state index in [2.05, 4.69) is 16.9 Å². The van der Waals surface area contributed by atoms with E-state index in [9.17, 15) is 9.59 Å². The standard InChI is InChI=1S/C23H28N2O4/c1-3-4-5-21(26)16-6-8-18(9-7-16)23(27)29-20-14-24-22(25-15-20)17-10-12-19(28-2)13-11-17/h10-16,18H,3-9H2,1-2H3/t16-,18-. The lowest BCUT2D eigenvalue weighted by Crippen LogP contribution is -2.28. The zero-order valence-electron chi connectivity index (χ0n) is 17.1. The molecular formula is C23H28N2O4. The average molecular weight is 396 g/mol. The first-order chi connectivity index (χ1) is 14.1. The average Bonchev–Trinajstić information content (AvgIpc) is 2.78. The van der Waals surface area contributed by atoms with E-state index in [4.69, 9.17) is 9.47 Å². The van der Waals surface area contributed by atoms with Crippen molar-refractivity contribution < 1.29 is 19.1 Å². The third kappa shape index (κ3) is 5.62. The number of aromatic nitrogens is 2. The smallest absolute Gasteiger partial charge is 0.314 e. The topological polar surface area (TPSA) is 78.4 Å². The lowest BCUT2D eigenvalue weighted by atomic mass is 9.79. The molecule has 6 nitrogen and oxygen atoms in total. The number of hydrogen-bond acceptors (Lipinski definition) is 6. The van der Waals surface area contributed by atoms with E-state index in [0.717, 1.165) is 37.0 Å². The fourth-order valence-corrected chi connectivity index (χ4v) is 3.66. The molecule has 0 radical (unpaired) electrons. The molecule has 1 fully saturated rings. The van der Waals surface area contributed by atoms with Gasteiger partial charge in [0.1, 0.15) is 11.5 Å². The van der Waals surface area contributed by atoms with Gasteiger partial charge < -0.3 is 9.47 Å². The van der Waals surface area contributed by atoms with Crippen molar-refractivity contribution in [1.29, 1.82) is 0 Å². The van der Waals surface area contributed by atoms with Crippen LogP contribution < -0.4 is 9.47 Å². The summed E-state index contributed by atoms with van der Waals surface area (Å²) in [7, 11) is 1.62. The van der Waals surface area contributed by atoms with E-state index in [1.807, 2.05) is 24.3 Å². The lowest BCUT2D eigenvalue weighted by Gasteiger charge is -2.26. The molecule has 29 heavy (non-hydrogen) atoms. The minimum Gasteiger partial charge on any atom is -0.497 e. The molecule has 1 aromatic carbocycles. The van der Waals surface area contributed by atoms with E-state index >= 15 is 0 Å². The second-order valence-electron chi connectivity index (χ2n) is 7.51. The number of ketones is 1.